The van der Waals surface area contributed by atoms with Gasteiger partial charge in [-0.05, 0) is 0 Å². The Hall–Kier alpha value is -0.157. The zero-order valence-electron chi connectivity index (χ0n) is 12.9. The molecule has 0 spiro atoms. The molecule has 0 saturated heterocycles. The Kier molecular flexibility index (Phi) is 3.04. The van der Waals surface area contributed by atoms with Crippen molar-refractivity contribution in [3.8, 4) is 0 Å². The van der Waals surface area contributed by atoms with Gasteiger partial charge in [0, 0.05) is 0 Å². The summed E-state index contributed by atoms with van der Waals surface area (Å²) in [7, 11) is 0. The molecular formula is C15H21Zr. The summed E-state index contributed by atoms with van der Waals surface area (Å²) in [5, 5.41) is 0. The molecule has 0 fully saturated rings. The normalized spacial score (nSPS) is 24.2. The van der Waals surface area contributed by atoms with Gasteiger partial charge in [-0.25, -0.2) is 0 Å². The van der Waals surface area contributed by atoms with Crippen molar-refractivity contribution in [2.75, 3.05) is 0 Å². The predicted molar refractivity (Wildman–Crippen MR) is 67.9 cm³/mol. The van der Waals surface area contributed by atoms with Crippen molar-refractivity contribution in [3.63, 3.8) is 0 Å². The summed E-state index contributed by atoms with van der Waals surface area (Å²) in [6.45, 7) is 11.6. The van der Waals surface area contributed by atoms with E-state index in [2.05, 4.69) is 46.8 Å². The Morgan fingerprint density at radius 1 is 1.19 bits per heavy atom. The van der Waals surface area contributed by atoms with Gasteiger partial charge in [0.05, 0.1) is 0 Å². The van der Waals surface area contributed by atoms with Gasteiger partial charge in [-0.15, -0.1) is 0 Å². The molecule has 0 unspecified atom stereocenters. The molecular weight excluding hydrogens is 271 g/mol. The van der Waals surface area contributed by atoms with E-state index in [-0.39, 0.29) is 8.27 Å². The van der Waals surface area contributed by atoms with E-state index in [1.807, 2.05) is 0 Å². The minimum absolute atomic E-state index is 0. The number of allylic oxidation sites excluding steroid dienone is 8. The van der Waals surface area contributed by atoms with Crippen LogP contribution in [-0.4, -0.2) is 0 Å². The summed E-state index contributed by atoms with van der Waals surface area (Å²) >= 11 is 1.57. The zero-order valence-corrected chi connectivity index (χ0v) is 13.3. The van der Waals surface area contributed by atoms with E-state index in [0.29, 0.717) is 0 Å². The fourth-order valence-electron chi connectivity index (χ4n) is 2.87. The molecule has 0 aromatic carbocycles. The number of rotatable bonds is 1. The average Bonchev–Trinajstić information content (AvgIpc) is 2.67. The molecule has 2 aliphatic carbocycles. The Morgan fingerprint density at radius 2 is 1.81 bits per heavy atom. The molecule has 85 valence electrons. The van der Waals surface area contributed by atoms with Crippen molar-refractivity contribution < 1.29 is 27.6 Å². The third-order valence-corrected chi connectivity index (χ3v) is 5.43. The molecule has 0 amide bonds. The second-order valence-electron chi connectivity index (χ2n) is 5.37. The molecule has 0 bridgehead atoms. The molecule has 0 aliphatic heterocycles. The van der Waals surface area contributed by atoms with E-state index in [1.165, 1.54) is 28.7 Å². The van der Waals surface area contributed by atoms with E-state index < -0.39 is 0 Å². The molecule has 0 aromatic heterocycles. The first-order valence-corrected chi connectivity index (χ1v) is 7.11. The number of hydrogen-bond donors (Lipinski definition) is 0. The maximum atomic E-state index is 2.36. The SMILES string of the molecule is CC1=C(C)C(C)(C)C(C2=[C]([Zr+2])CC=C2)=C1C.[H-].[H-]. The smallest absolute Gasteiger partial charge is 1.00 e. The summed E-state index contributed by atoms with van der Waals surface area (Å²) < 4.78 is 1.61. The van der Waals surface area contributed by atoms with Crippen LogP contribution in [0.25, 0.3) is 0 Å². The van der Waals surface area contributed by atoms with E-state index >= 15 is 0 Å². The van der Waals surface area contributed by atoms with Crippen LogP contribution >= 0.6 is 0 Å². The van der Waals surface area contributed by atoms with Crippen molar-refractivity contribution in [2.24, 2.45) is 5.41 Å². The van der Waals surface area contributed by atoms with Gasteiger partial charge in [0.1, 0.15) is 0 Å². The van der Waals surface area contributed by atoms with Gasteiger partial charge in [0.25, 0.3) is 0 Å². The Balaban J connectivity index is 0.00000144. The van der Waals surface area contributed by atoms with E-state index in [4.69, 9.17) is 0 Å². The van der Waals surface area contributed by atoms with Gasteiger partial charge in [-0.1, -0.05) is 0 Å². The Labute approximate surface area is 117 Å². The molecule has 0 atom stereocenters. The summed E-state index contributed by atoms with van der Waals surface area (Å²) in [6, 6.07) is 0. The molecule has 2 rings (SSSR count). The molecule has 0 N–H and O–H groups in total. The second kappa shape index (κ2) is 3.95. The van der Waals surface area contributed by atoms with Crippen molar-refractivity contribution in [3.05, 3.63) is 43.3 Å². The maximum Gasteiger partial charge on any atom is -1.00 e. The van der Waals surface area contributed by atoms with Crippen LogP contribution in [0, 0.1) is 5.41 Å². The van der Waals surface area contributed by atoms with Crippen molar-refractivity contribution in [1.29, 1.82) is 0 Å². The molecule has 0 nitrogen and oxygen atoms in total. The molecule has 0 heterocycles. The average molecular weight is 293 g/mol. The van der Waals surface area contributed by atoms with E-state index in [0.717, 1.165) is 0 Å². The van der Waals surface area contributed by atoms with Crippen molar-refractivity contribution in [2.45, 2.75) is 41.0 Å². The molecule has 0 saturated carbocycles. The topological polar surface area (TPSA) is 0 Å². The standard InChI is InChI=1S/C15H19.Zr.2H/c1-10-11(2)14(13-8-6-7-9-13)15(4,5)12(10)3;;;/h6,8H,7H2,1-5H3;;;/q;+2;2*-1. The van der Waals surface area contributed by atoms with Crippen molar-refractivity contribution >= 4 is 0 Å². The van der Waals surface area contributed by atoms with Gasteiger partial charge in [0.15, 0.2) is 0 Å². The Morgan fingerprint density at radius 3 is 2.19 bits per heavy atom. The largest absolute Gasteiger partial charge is 1.00 e. The molecule has 0 radical (unpaired) electrons. The first-order chi connectivity index (χ1) is 7.37. The van der Waals surface area contributed by atoms with Gasteiger partial charge >= 0.3 is 114 Å². The van der Waals surface area contributed by atoms with Gasteiger partial charge in [-0.2, -0.15) is 0 Å². The molecule has 2 aliphatic rings. The predicted octanol–water partition coefficient (Wildman–Crippen LogP) is 4.66. The van der Waals surface area contributed by atoms with Crippen LogP contribution in [0.3, 0.4) is 0 Å². The fraction of sp³-hybridized carbons (Fsp3) is 0.467. The van der Waals surface area contributed by atoms with Crippen LogP contribution in [0.5, 0.6) is 0 Å². The van der Waals surface area contributed by atoms with Crippen molar-refractivity contribution in [1.82, 2.24) is 0 Å². The minimum Gasteiger partial charge on any atom is -1.00 e. The van der Waals surface area contributed by atoms with Crippen LogP contribution in [0.4, 0.5) is 0 Å². The minimum atomic E-state index is 0. The molecule has 16 heavy (non-hydrogen) atoms. The third kappa shape index (κ3) is 1.59. The zero-order chi connectivity index (χ0) is 12.1. The Bertz CT molecular complexity index is 477. The second-order valence-corrected chi connectivity index (χ2v) is 6.86. The quantitative estimate of drug-likeness (QED) is 0.659. The van der Waals surface area contributed by atoms with Gasteiger partial charge in [0.2, 0.25) is 0 Å². The molecule has 0 aromatic rings. The summed E-state index contributed by atoms with van der Waals surface area (Å²) in [6.07, 6.45) is 5.80. The monoisotopic (exact) mass is 291 g/mol. The van der Waals surface area contributed by atoms with Crippen LogP contribution in [0.15, 0.2) is 43.3 Å². The third-order valence-electron chi connectivity index (χ3n) is 4.26. The fourth-order valence-corrected chi connectivity index (χ4v) is 3.67. The number of hydrogen-bond acceptors (Lipinski definition) is 0. The summed E-state index contributed by atoms with van der Waals surface area (Å²) in [4.78, 5) is 0. The van der Waals surface area contributed by atoms with Crippen LogP contribution < -0.4 is 0 Å². The first-order valence-electron chi connectivity index (χ1n) is 5.88. The van der Waals surface area contributed by atoms with E-state index in [1.54, 1.807) is 33.6 Å². The van der Waals surface area contributed by atoms with Crippen LogP contribution in [0.1, 0.15) is 43.9 Å². The maximum absolute atomic E-state index is 2.36. The van der Waals surface area contributed by atoms with Gasteiger partial charge in [-0.3, -0.25) is 0 Å². The summed E-state index contributed by atoms with van der Waals surface area (Å²) in [5.74, 6) is 0. The summed E-state index contributed by atoms with van der Waals surface area (Å²) in [5.41, 5.74) is 7.86. The first kappa shape index (κ1) is 12.3. The van der Waals surface area contributed by atoms with Crippen LogP contribution in [0.2, 0.25) is 0 Å². The molecule has 1 heteroatoms. The van der Waals surface area contributed by atoms with E-state index in [9.17, 15) is 0 Å². The van der Waals surface area contributed by atoms with Gasteiger partial charge < -0.3 is 2.85 Å². The van der Waals surface area contributed by atoms with Crippen LogP contribution in [-0.2, 0) is 24.7 Å².